The molecule has 2 aliphatic rings. The van der Waals surface area contributed by atoms with Crippen LogP contribution in [-0.2, 0) is 31.4 Å². The zero-order chi connectivity index (χ0) is 62.2. The van der Waals surface area contributed by atoms with E-state index in [0.29, 0.717) is 71.0 Å². The topological polar surface area (TPSA) is 124 Å². The lowest BCUT2D eigenvalue weighted by atomic mass is 9.98. The number of rotatable bonds is 16. The Balaban J connectivity index is 0.000000210. The maximum absolute atomic E-state index is 13.3. The molecule has 18 heteroatoms. The van der Waals surface area contributed by atoms with Gasteiger partial charge in [0.1, 0.15) is 12.1 Å². The Kier molecular flexibility index (Phi) is 21.1. The second-order valence-corrected chi connectivity index (χ2v) is 21.3. The fourth-order valence-electron chi connectivity index (χ4n) is 11.0. The predicted octanol–water partition coefficient (Wildman–Crippen LogP) is 14.9. The molecule has 2 N–H and O–H groups in total. The predicted molar refractivity (Wildman–Crippen MR) is 331 cm³/mol. The third-order valence-electron chi connectivity index (χ3n) is 15.5. The molecule has 8 aromatic rings. The standard InChI is InChI=1S/C36H36F3N3O3.C34H32F3N3O3/c1-2-25-45-35(44)33(27-9-4-3-5-10-27)42-22-8-21-41(23-24-42)30-19-17-29(18-20-30)40-34(43)32-12-7-6-11-31(32)26-13-15-28(16-14-26)36(37,38)39;1-43-33(42)31(25-8-3-2-4-9-25)40-21-7-20-39(22-23-40)28-18-16-27(17-19-28)38-32(41)30-11-6-5-10-29(30)24-12-14-26(15-13-24)34(35,36)37/h3-7,9-20,33H,2,8,21-25H2,1H3,(H,40,43);2-6,8-19,31H,7,20-23H2,1H3,(H,38,41). The van der Waals surface area contributed by atoms with Gasteiger partial charge in [-0.15, -0.1) is 0 Å². The van der Waals surface area contributed by atoms with E-state index < -0.39 is 35.6 Å². The van der Waals surface area contributed by atoms with Crippen LogP contribution < -0.4 is 20.4 Å². The van der Waals surface area contributed by atoms with Gasteiger partial charge in [0.2, 0.25) is 0 Å². The summed E-state index contributed by atoms with van der Waals surface area (Å²) in [5.74, 6) is -1.22. The summed E-state index contributed by atoms with van der Waals surface area (Å²) < 4.78 is 88.8. The Hall–Kier alpha value is -9.26. The van der Waals surface area contributed by atoms with Crippen molar-refractivity contribution in [2.45, 2.75) is 50.6 Å². The summed E-state index contributed by atoms with van der Waals surface area (Å²) in [6.07, 6.45) is -6.37. The van der Waals surface area contributed by atoms with Crippen molar-refractivity contribution >= 4 is 46.5 Å². The second kappa shape index (κ2) is 29.4. The largest absolute Gasteiger partial charge is 0.468 e. The van der Waals surface area contributed by atoms with Crippen molar-refractivity contribution in [2.75, 3.05) is 86.5 Å². The van der Waals surface area contributed by atoms with Gasteiger partial charge in [0, 0.05) is 86.2 Å². The third-order valence-corrected chi connectivity index (χ3v) is 15.5. The minimum Gasteiger partial charge on any atom is -0.468 e. The lowest BCUT2D eigenvalue weighted by molar-refractivity contribution is -0.150. The molecule has 2 unspecified atom stereocenters. The van der Waals surface area contributed by atoms with Crippen molar-refractivity contribution in [3.05, 3.63) is 240 Å². The molecule has 0 spiro atoms. The summed E-state index contributed by atoms with van der Waals surface area (Å²) in [6.45, 7) is 8.29. The number of amides is 2. The van der Waals surface area contributed by atoms with Crippen molar-refractivity contribution in [3.8, 4) is 22.3 Å². The van der Waals surface area contributed by atoms with Crippen LogP contribution in [0.3, 0.4) is 0 Å². The van der Waals surface area contributed by atoms with Crippen LogP contribution in [0.25, 0.3) is 22.3 Å². The van der Waals surface area contributed by atoms with Crippen LogP contribution >= 0.6 is 0 Å². The first-order chi connectivity index (χ1) is 42.5. The number of ether oxygens (including phenoxy) is 2. The number of halogens is 6. The highest BCUT2D eigenvalue weighted by atomic mass is 19.4. The summed E-state index contributed by atoms with van der Waals surface area (Å²) in [5.41, 5.74) is 6.40. The summed E-state index contributed by atoms with van der Waals surface area (Å²) >= 11 is 0. The third kappa shape index (κ3) is 16.2. The molecule has 10 rings (SSSR count). The number of nitrogens with one attached hydrogen (secondary N) is 2. The normalized spacial score (nSPS) is 14.9. The number of carbonyl (C=O) groups is 4. The Morgan fingerprint density at radius 3 is 1.19 bits per heavy atom. The summed E-state index contributed by atoms with van der Waals surface area (Å²) in [4.78, 5) is 61.1. The van der Waals surface area contributed by atoms with Gasteiger partial charge in [-0.25, -0.2) is 9.59 Å². The summed E-state index contributed by atoms with van der Waals surface area (Å²) in [5, 5.41) is 5.83. The van der Waals surface area contributed by atoms with Gasteiger partial charge in [-0.3, -0.25) is 19.4 Å². The fraction of sp³-hybridized carbons (Fsp3) is 0.257. The Morgan fingerprint density at radius 1 is 0.443 bits per heavy atom. The zero-order valence-corrected chi connectivity index (χ0v) is 48.8. The fourth-order valence-corrected chi connectivity index (χ4v) is 11.0. The van der Waals surface area contributed by atoms with Crippen molar-refractivity contribution < 1.29 is 55.0 Å². The molecule has 2 fully saturated rings. The van der Waals surface area contributed by atoms with Crippen LogP contribution in [0.4, 0.5) is 49.1 Å². The van der Waals surface area contributed by atoms with Crippen LogP contribution in [0.15, 0.2) is 206 Å². The first-order valence-corrected chi connectivity index (χ1v) is 29.2. The molecule has 8 aromatic carbocycles. The van der Waals surface area contributed by atoms with E-state index in [1.807, 2.05) is 116 Å². The lowest BCUT2D eigenvalue weighted by Gasteiger charge is -2.29. The van der Waals surface area contributed by atoms with Crippen LogP contribution in [-0.4, -0.2) is 99.6 Å². The molecule has 0 saturated carbocycles. The molecule has 2 heterocycles. The molecule has 2 saturated heterocycles. The smallest absolute Gasteiger partial charge is 0.416 e. The van der Waals surface area contributed by atoms with Gasteiger partial charge in [0.15, 0.2) is 0 Å². The maximum Gasteiger partial charge on any atom is 0.416 e. The minimum atomic E-state index is -4.43. The number of anilines is 4. The molecule has 0 aliphatic carbocycles. The molecule has 12 nitrogen and oxygen atoms in total. The van der Waals surface area contributed by atoms with Gasteiger partial charge in [0.25, 0.3) is 11.8 Å². The number of esters is 2. The van der Waals surface area contributed by atoms with Gasteiger partial charge in [0.05, 0.1) is 24.8 Å². The van der Waals surface area contributed by atoms with Gasteiger partial charge >= 0.3 is 24.3 Å². The SMILES string of the molecule is CCCOC(=O)C(c1ccccc1)N1CCCN(c2ccc(NC(=O)c3ccccc3-c3ccc(C(F)(F)F)cc3)cc2)CC1.COC(=O)C(c1ccccc1)N1CCCN(c2ccc(NC(=O)c3ccccc3-c3ccc(C(F)(F)F)cc3)cc2)CC1. The molecule has 2 atom stereocenters. The monoisotopic (exact) mass is 1200 g/mol. The average Bonchev–Trinajstić information content (AvgIpc) is 2.44. The molecule has 0 radical (unpaired) electrons. The Morgan fingerprint density at radius 2 is 0.818 bits per heavy atom. The number of hydrogen-bond donors (Lipinski definition) is 2. The zero-order valence-electron chi connectivity index (χ0n) is 48.8. The Bertz CT molecular complexity index is 3590. The number of nitrogens with zero attached hydrogens (tertiary/aromatic N) is 4. The number of alkyl halides is 6. The number of methoxy groups -OCH3 is 1. The van der Waals surface area contributed by atoms with E-state index >= 15 is 0 Å². The highest BCUT2D eigenvalue weighted by Crippen LogP contribution is 2.35. The molecule has 0 bridgehead atoms. The van der Waals surface area contributed by atoms with Crippen molar-refractivity contribution in [2.24, 2.45) is 0 Å². The van der Waals surface area contributed by atoms with Crippen molar-refractivity contribution in [1.82, 2.24) is 9.80 Å². The van der Waals surface area contributed by atoms with Crippen LogP contribution in [0, 0.1) is 0 Å². The van der Waals surface area contributed by atoms with Gasteiger partial charge in [-0.05, 0) is 138 Å². The maximum atomic E-state index is 13.3. The van der Waals surface area contributed by atoms with E-state index in [1.54, 1.807) is 48.5 Å². The van der Waals surface area contributed by atoms with E-state index in [1.165, 1.54) is 31.4 Å². The van der Waals surface area contributed by atoms with Crippen molar-refractivity contribution in [1.29, 1.82) is 0 Å². The molecular formula is C70H68F6N6O6. The number of hydrogen-bond acceptors (Lipinski definition) is 10. The highest BCUT2D eigenvalue weighted by Gasteiger charge is 2.34. The average molecular weight is 1200 g/mol. The lowest BCUT2D eigenvalue weighted by Crippen LogP contribution is -2.38. The van der Waals surface area contributed by atoms with E-state index in [9.17, 15) is 45.5 Å². The van der Waals surface area contributed by atoms with E-state index in [0.717, 1.165) is 98.8 Å². The first-order valence-electron chi connectivity index (χ1n) is 29.2. The van der Waals surface area contributed by atoms with E-state index in [2.05, 4.69) is 30.2 Å². The van der Waals surface area contributed by atoms with Crippen LogP contribution in [0.2, 0.25) is 0 Å². The Labute approximate surface area is 508 Å². The van der Waals surface area contributed by atoms with Gasteiger partial charge < -0.3 is 29.9 Å². The molecule has 2 aliphatic heterocycles. The van der Waals surface area contributed by atoms with Crippen LogP contribution in [0.1, 0.15) is 81.2 Å². The second-order valence-electron chi connectivity index (χ2n) is 21.3. The number of carbonyl (C=O) groups excluding carboxylic acids is 4. The molecule has 88 heavy (non-hydrogen) atoms. The molecule has 456 valence electrons. The van der Waals surface area contributed by atoms with Gasteiger partial charge in [-0.1, -0.05) is 128 Å². The molecule has 0 aromatic heterocycles. The minimum absolute atomic E-state index is 0.225. The quantitative estimate of drug-likeness (QED) is 0.0714. The summed E-state index contributed by atoms with van der Waals surface area (Å²) in [6, 6.07) is 56.9. The first kappa shape index (κ1) is 63.2. The number of benzene rings is 8. The van der Waals surface area contributed by atoms with E-state index in [4.69, 9.17) is 9.47 Å². The highest BCUT2D eigenvalue weighted by molar-refractivity contribution is 6.09. The van der Waals surface area contributed by atoms with E-state index in [-0.39, 0.29) is 23.8 Å². The molecule has 2 amide bonds. The summed E-state index contributed by atoms with van der Waals surface area (Å²) in [7, 11) is 1.41. The van der Waals surface area contributed by atoms with Crippen LogP contribution in [0.5, 0.6) is 0 Å². The molecular weight excluding hydrogens is 1130 g/mol. The van der Waals surface area contributed by atoms with Gasteiger partial charge in [-0.2, -0.15) is 26.3 Å². The van der Waals surface area contributed by atoms with Crippen molar-refractivity contribution in [3.63, 3.8) is 0 Å².